The van der Waals surface area contributed by atoms with Gasteiger partial charge in [-0.3, -0.25) is 4.79 Å². The van der Waals surface area contributed by atoms with Crippen molar-refractivity contribution in [3.8, 4) is 0 Å². The zero-order valence-electron chi connectivity index (χ0n) is 13.9. The molecule has 1 unspecified atom stereocenters. The summed E-state index contributed by atoms with van der Waals surface area (Å²) >= 11 is 0. The van der Waals surface area contributed by atoms with Gasteiger partial charge in [0.1, 0.15) is 11.5 Å². The fourth-order valence-electron chi connectivity index (χ4n) is 2.14. The van der Waals surface area contributed by atoms with Gasteiger partial charge in [0.2, 0.25) is 0 Å². The molecule has 0 aliphatic heterocycles. The van der Waals surface area contributed by atoms with Crippen LogP contribution in [0.2, 0.25) is 0 Å². The number of carbonyl (C=O) groups excluding carboxylic acids is 1. The van der Waals surface area contributed by atoms with Crippen molar-refractivity contribution in [3.05, 3.63) is 41.7 Å². The monoisotopic (exact) mass is 304 g/mol. The van der Waals surface area contributed by atoms with E-state index in [4.69, 9.17) is 8.94 Å². The Kier molecular flexibility index (Phi) is 5.06. The first kappa shape index (κ1) is 16.3. The molecule has 0 aliphatic rings. The fraction of sp³-hybridized carbons (Fsp3) is 0.529. The fourth-order valence-corrected chi connectivity index (χ4v) is 2.14. The predicted octanol–water partition coefficient (Wildman–Crippen LogP) is 4.08. The Hall–Kier alpha value is -2.04. The molecule has 0 radical (unpaired) electrons. The van der Waals surface area contributed by atoms with Gasteiger partial charge in [-0.05, 0) is 25.0 Å². The molecule has 5 nitrogen and oxygen atoms in total. The van der Waals surface area contributed by atoms with Gasteiger partial charge >= 0.3 is 0 Å². The summed E-state index contributed by atoms with van der Waals surface area (Å²) in [6, 6.07) is 5.49. The van der Waals surface area contributed by atoms with Crippen LogP contribution < -0.4 is 0 Å². The van der Waals surface area contributed by atoms with Crippen molar-refractivity contribution < 1.29 is 13.7 Å². The Bertz CT molecular complexity index is 599. The summed E-state index contributed by atoms with van der Waals surface area (Å²) in [5.41, 5.74) is 0.350. The second-order valence-corrected chi connectivity index (χ2v) is 6.27. The molecule has 0 fully saturated rings. The van der Waals surface area contributed by atoms with Gasteiger partial charge in [-0.1, -0.05) is 32.9 Å². The molecule has 0 saturated heterocycles. The molecule has 5 heteroatoms. The van der Waals surface area contributed by atoms with Gasteiger partial charge in [0.05, 0.1) is 12.8 Å². The second kappa shape index (κ2) is 6.81. The molecular formula is C17H24N2O3. The van der Waals surface area contributed by atoms with E-state index in [2.05, 4.69) is 19.0 Å². The van der Waals surface area contributed by atoms with Crippen molar-refractivity contribution in [2.45, 2.75) is 53.1 Å². The molecule has 1 amide bonds. The normalized spacial score (nSPS) is 12.9. The van der Waals surface area contributed by atoms with Crippen LogP contribution in [0.3, 0.4) is 0 Å². The number of rotatable bonds is 6. The van der Waals surface area contributed by atoms with Crippen LogP contribution in [-0.2, 0) is 6.54 Å². The number of hydrogen-bond acceptors (Lipinski definition) is 4. The third-order valence-electron chi connectivity index (χ3n) is 3.94. The van der Waals surface area contributed by atoms with Crippen LogP contribution >= 0.6 is 0 Å². The number of carbonyl (C=O) groups is 1. The first-order valence-corrected chi connectivity index (χ1v) is 7.70. The molecule has 0 saturated carbocycles. The molecule has 0 spiro atoms. The molecule has 120 valence electrons. The van der Waals surface area contributed by atoms with E-state index >= 15 is 0 Å². The Morgan fingerprint density at radius 2 is 2.00 bits per heavy atom. The van der Waals surface area contributed by atoms with E-state index < -0.39 is 0 Å². The third kappa shape index (κ3) is 3.59. The minimum absolute atomic E-state index is 0.0665. The van der Waals surface area contributed by atoms with Gasteiger partial charge in [0.25, 0.3) is 5.91 Å². The standard InChI is InChI=1S/C17H24N2O3/c1-11(2)13(5)19(10-14-7-6-8-21-14)17(20)15-9-16(12(3)4)22-18-15/h6-9,11-13H,10H2,1-5H3. The summed E-state index contributed by atoms with van der Waals surface area (Å²) in [4.78, 5) is 14.6. The quantitative estimate of drug-likeness (QED) is 0.807. The Labute approximate surface area is 131 Å². The smallest absolute Gasteiger partial charge is 0.276 e. The maximum atomic E-state index is 12.8. The average molecular weight is 304 g/mol. The topological polar surface area (TPSA) is 59.5 Å². The summed E-state index contributed by atoms with van der Waals surface area (Å²) in [6.07, 6.45) is 1.62. The van der Waals surface area contributed by atoms with Crippen molar-refractivity contribution in [1.29, 1.82) is 0 Å². The van der Waals surface area contributed by atoms with Crippen molar-refractivity contribution in [2.24, 2.45) is 5.92 Å². The van der Waals surface area contributed by atoms with Gasteiger partial charge in [-0.2, -0.15) is 0 Å². The molecule has 2 heterocycles. The Morgan fingerprint density at radius 3 is 2.50 bits per heavy atom. The summed E-state index contributed by atoms with van der Waals surface area (Å²) in [6.45, 7) is 10.7. The molecule has 2 rings (SSSR count). The van der Waals surface area contributed by atoms with Crippen molar-refractivity contribution in [2.75, 3.05) is 0 Å². The highest BCUT2D eigenvalue weighted by atomic mass is 16.5. The molecule has 2 aromatic rings. The van der Waals surface area contributed by atoms with Crippen molar-refractivity contribution >= 4 is 5.91 Å². The molecule has 0 aromatic carbocycles. The van der Waals surface area contributed by atoms with E-state index in [0.29, 0.717) is 18.2 Å². The number of nitrogens with zero attached hydrogens (tertiary/aromatic N) is 2. The van der Waals surface area contributed by atoms with E-state index in [1.54, 1.807) is 17.2 Å². The van der Waals surface area contributed by atoms with Crippen LogP contribution in [0.15, 0.2) is 33.4 Å². The SMILES string of the molecule is CC(C)c1cc(C(=O)N(Cc2ccco2)C(C)C(C)C)no1. The summed E-state index contributed by atoms with van der Waals surface area (Å²) in [5, 5.41) is 3.93. The minimum atomic E-state index is -0.131. The number of amides is 1. The van der Waals surface area contributed by atoms with Crippen molar-refractivity contribution in [1.82, 2.24) is 10.1 Å². The van der Waals surface area contributed by atoms with E-state index in [0.717, 1.165) is 11.5 Å². The highest BCUT2D eigenvalue weighted by molar-refractivity contribution is 5.92. The lowest BCUT2D eigenvalue weighted by molar-refractivity contribution is 0.0600. The summed E-state index contributed by atoms with van der Waals surface area (Å²) in [7, 11) is 0. The molecule has 2 aromatic heterocycles. The number of aromatic nitrogens is 1. The average Bonchev–Trinajstić information content (AvgIpc) is 3.14. The minimum Gasteiger partial charge on any atom is -0.467 e. The molecule has 0 aliphatic carbocycles. The lowest BCUT2D eigenvalue weighted by Crippen LogP contribution is -2.41. The van der Waals surface area contributed by atoms with Crippen LogP contribution in [0.5, 0.6) is 0 Å². The van der Waals surface area contributed by atoms with Gasteiger partial charge in [0, 0.05) is 18.0 Å². The van der Waals surface area contributed by atoms with Crippen LogP contribution in [0.1, 0.15) is 62.5 Å². The number of furan rings is 1. The maximum absolute atomic E-state index is 12.8. The summed E-state index contributed by atoms with van der Waals surface area (Å²) in [5.74, 6) is 1.88. The van der Waals surface area contributed by atoms with Crippen LogP contribution in [0.25, 0.3) is 0 Å². The zero-order valence-corrected chi connectivity index (χ0v) is 13.9. The maximum Gasteiger partial charge on any atom is 0.276 e. The van der Waals surface area contributed by atoms with E-state index in [1.807, 2.05) is 32.9 Å². The van der Waals surface area contributed by atoms with Gasteiger partial charge in [-0.25, -0.2) is 0 Å². The highest BCUT2D eigenvalue weighted by Crippen LogP contribution is 2.20. The Morgan fingerprint density at radius 1 is 1.27 bits per heavy atom. The predicted molar refractivity (Wildman–Crippen MR) is 83.5 cm³/mol. The van der Waals surface area contributed by atoms with E-state index in [-0.39, 0.29) is 17.9 Å². The Balaban J connectivity index is 2.24. The molecule has 0 bridgehead atoms. The van der Waals surface area contributed by atoms with E-state index in [1.165, 1.54) is 0 Å². The molecule has 22 heavy (non-hydrogen) atoms. The molecule has 1 atom stereocenters. The lowest BCUT2D eigenvalue weighted by Gasteiger charge is -2.30. The highest BCUT2D eigenvalue weighted by Gasteiger charge is 2.27. The van der Waals surface area contributed by atoms with Crippen LogP contribution in [0.4, 0.5) is 0 Å². The third-order valence-corrected chi connectivity index (χ3v) is 3.94. The van der Waals surface area contributed by atoms with Crippen LogP contribution in [0, 0.1) is 5.92 Å². The zero-order chi connectivity index (χ0) is 16.3. The van der Waals surface area contributed by atoms with Gasteiger partial charge in [-0.15, -0.1) is 0 Å². The number of hydrogen-bond donors (Lipinski definition) is 0. The summed E-state index contributed by atoms with van der Waals surface area (Å²) < 4.78 is 10.6. The first-order valence-electron chi connectivity index (χ1n) is 7.70. The van der Waals surface area contributed by atoms with Gasteiger partial charge < -0.3 is 13.8 Å². The van der Waals surface area contributed by atoms with E-state index in [9.17, 15) is 4.79 Å². The van der Waals surface area contributed by atoms with Gasteiger partial charge in [0.15, 0.2) is 5.69 Å². The van der Waals surface area contributed by atoms with Crippen molar-refractivity contribution in [3.63, 3.8) is 0 Å². The molecule has 0 N–H and O–H groups in total. The lowest BCUT2D eigenvalue weighted by atomic mass is 10.0. The second-order valence-electron chi connectivity index (χ2n) is 6.27. The van der Waals surface area contributed by atoms with Crippen LogP contribution in [-0.4, -0.2) is 22.0 Å². The largest absolute Gasteiger partial charge is 0.467 e. The first-order chi connectivity index (χ1) is 10.4. The molecular weight excluding hydrogens is 280 g/mol.